The van der Waals surface area contributed by atoms with E-state index in [2.05, 4.69) is 59.2 Å². The third kappa shape index (κ3) is 6.44. The number of carbonyl (C=O) groups is 1. The van der Waals surface area contributed by atoms with Gasteiger partial charge in [-0.05, 0) is 43.8 Å². The summed E-state index contributed by atoms with van der Waals surface area (Å²) in [5.74, 6) is 0.554. The summed E-state index contributed by atoms with van der Waals surface area (Å²) in [6.07, 6.45) is 3.23. The molecule has 10 nitrogen and oxygen atoms in total. The van der Waals surface area contributed by atoms with Crippen LogP contribution in [-0.2, 0) is 17.8 Å². The summed E-state index contributed by atoms with van der Waals surface area (Å²) >= 11 is 0. The maximum atomic E-state index is 14.1. The highest BCUT2D eigenvalue weighted by molar-refractivity contribution is 5.97. The summed E-state index contributed by atoms with van der Waals surface area (Å²) in [4.78, 5) is 30.9. The molecule has 0 unspecified atom stereocenters. The number of nitriles is 1. The predicted octanol–water partition coefficient (Wildman–Crippen LogP) is 3.40. The normalized spacial score (nSPS) is 22.2. The lowest BCUT2D eigenvalue weighted by molar-refractivity contribution is -0.128. The molecular weight excluding hydrogens is 573 g/mol. The fourth-order valence-electron chi connectivity index (χ4n) is 6.93. The molecular formula is C34H40FN7O3. The Kier molecular flexibility index (Phi) is 9.14. The first-order valence-corrected chi connectivity index (χ1v) is 15.7. The Hall–Kier alpha value is -4.27. The number of ether oxygens (including phenoxy) is 1. The zero-order chi connectivity index (χ0) is 31.5. The van der Waals surface area contributed by atoms with E-state index >= 15 is 0 Å². The maximum Gasteiger partial charge on any atom is 0.318 e. The van der Waals surface area contributed by atoms with E-state index in [0.717, 1.165) is 35.7 Å². The Morgan fingerprint density at radius 2 is 1.96 bits per heavy atom. The first-order chi connectivity index (χ1) is 21.9. The molecule has 11 heteroatoms. The van der Waals surface area contributed by atoms with Gasteiger partial charge in [-0.2, -0.15) is 15.2 Å². The molecule has 1 amide bonds. The number of likely N-dealkylation sites (tertiary alicyclic amines) is 1. The van der Waals surface area contributed by atoms with Gasteiger partial charge >= 0.3 is 6.01 Å². The molecule has 0 aliphatic carbocycles. The molecule has 2 aromatic carbocycles. The van der Waals surface area contributed by atoms with Crippen molar-refractivity contribution >= 4 is 28.2 Å². The van der Waals surface area contributed by atoms with Gasteiger partial charge in [0.2, 0.25) is 5.91 Å². The maximum absolute atomic E-state index is 14.1. The minimum Gasteiger partial charge on any atom is -0.462 e. The van der Waals surface area contributed by atoms with Crippen LogP contribution in [0.4, 0.5) is 15.9 Å². The highest BCUT2D eigenvalue weighted by Gasteiger charge is 2.34. The Bertz CT molecular complexity index is 1620. The zero-order valence-electron chi connectivity index (χ0n) is 25.9. The number of aromatic nitrogens is 2. The first-order valence-electron chi connectivity index (χ1n) is 15.7. The van der Waals surface area contributed by atoms with Gasteiger partial charge in [0.05, 0.1) is 37.4 Å². The second-order valence-electron chi connectivity index (χ2n) is 12.2. The average molecular weight is 614 g/mol. The molecule has 1 aromatic heterocycles. The summed E-state index contributed by atoms with van der Waals surface area (Å²) < 4.78 is 20.3. The number of piperazine rings is 1. The number of hydrogen-bond donors (Lipinski definition) is 1. The molecule has 0 bridgehead atoms. The van der Waals surface area contributed by atoms with Gasteiger partial charge < -0.3 is 24.5 Å². The quantitative estimate of drug-likeness (QED) is 0.383. The number of nitrogens with zero attached hydrogens (tertiary/aromatic N) is 7. The first kappa shape index (κ1) is 30.7. The van der Waals surface area contributed by atoms with E-state index < -0.39 is 6.17 Å². The van der Waals surface area contributed by atoms with Gasteiger partial charge in [-0.25, -0.2) is 4.39 Å². The van der Waals surface area contributed by atoms with E-state index in [4.69, 9.17) is 19.8 Å². The third-order valence-corrected chi connectivity index (χ3v) is 9.25. The van der Waals surface area contributed by atoms with Gasteiger partial charge in [0.25, 0.3) is 0 Å². The van der Waals surface area contributed by atoms with E-state index in [1.165, 1.54) is 28.5 Å². The Labute approximate surface area is 263 Å². The molecule has 0 spiro atoms. The number of fused-ring (bicyclic) bond motifs is 2. The summed E-state index contributed by atoms with van der Waals surface area (Å²) in [7, 11) is 1.91. The smallest absolute Gasteiger partial charge is 0.318 e. The van der Waals surface area contributed by atoms with E-state index in [1.54, 1.807) is 4.90 Å². The van der Waals surface area contributed by atoms with Gasteiger partial charge in [-0.15, -0.1) is 0 Å². The van der Waals surface area contributed by atoms with Gasteiger partial charge in [0.1, 0.15) is 18.6 Å². The number of benzene rings is 2. The average Bonchev–Trinajstić information content (AvgIpc) is 3.38. The van der Waals surface area contributed by atoms with Crippen molar-refractivity contribution in [2.75, 3.05) is 62.8 Å². The van der Waals surface area contributed by atoms with Crippen LogP contribution in [0.1, 0.15) is 29.7 Å². The van der Waals surface area contributed by atoms with Crippen LogP contribution in [0.15, 0.2) is 48.6 Å². The molecule has 3 aromatic rings. The molecule has 236 valence electrons. The number of hydrogen-bond acceptors (Lipinski definition) is 9. The molecule has 3 aliphatic heterocycles. The number of rotatable bonds is 8. The van der Waals surface area contributed by atoms with Crippen molar-refractivity contribution in [3.63, 3.8) is 0 Å². The van der Waals surface area contributed by atoms with Crippen LogP contribution in [0.3, 0.4) is 0 Å². The van der Waals surface area contributed by atoms with Gasteiger partial charge in [0, 0.05) is 61.5 Å². The molecule has 2 saturated heterocycles. The number of carbonyl (C=O) groups excluding carboxylic acids is 1. The molecule has 3 atom stereocenters. The minimum atomic E-state index is -0.871. The fourth-order valence-corrected chi connectivity index (χ4v) is 6.93. The lowest BCUT2D eigenvalue weighted by Gasteiger charge is -2.42. The van der Waals surface area contributed by atoms with Crippen molar-refractivity contribution in [2.24, 2.45) is 0 Å². The molecule has 1 N–H and O–H groups in total. The predicted molar refractivity (Wildman–Crippen MR) is 171 cm³/mol. The van der Waals surface area contributed by atoms with Crippen molar-refractivity contribution in [2.45, 2.75) is 51.0 Å². The second kappa shape index (κ2) is 13.4. The van der Waals surface area contributed by atoms with Crippen molar-refractivity contribution in [3.05, 3.63) is 65.4 Å². The molecule has 2 fully saturated rings. The van der Waals surface area contributed by atoms with Crippen LogP contribution >= 0.6 is 0 Å². The molecule has 45 heavy (non-hydrogen) atoms. The topological polar surface area (TPSA) is 109 Å². The van der Waals surface area contributed by atoms with E-state index in [-0.39, 0.29) is 43.6 Å². The van der Waals surface area contributed by atoms with Crippen LogP contribution in [-0.4, -0.2) is 102 Å². The summed E-state index contributed by atoms with van der Waals surface area (Å²) in [6.45, 7) is 5.36. The van der Waals surface area contributed by atoms with Crippen LogP contribution in [0.2, 0.25) is 0 Å². The molecule has 3 aliphatic rings. The third-order valence-electron chi connectivity index (χ3n) is 9.25. The van der Waals surface area contributed by atoms with Crippen LogP contribution in [0.25, 0.3) is 10.8 Å². The summed E-state index contributed by atoms with van der Waals surface area (Å²) in [6, 6.07) is 14.9. The lowest BCUT2D eigenvalue weighted by atomic mass is 9.99. The number of aliphatic hydroxyl groups excluding tert-OH is 1. The number of anilines is 2. The molecule has 6 rings (SSSR count). The van der Waals surface area contributed by atoms with Crippen LogP contribution in [0, 0.1) is 18.3 Å². The zero-order valence-corrected chi connectivity index (χ0v) is 25.9. The number of aryl methyl sites for hydroxylation is 1. The van der Waals surface area contributed by atoms with E-state index in [0.29, 0.717) is 39.1 Å². The highest BCUT2D eigenvalue weighted by atomic mass is 19.1. The summed E-state index contributed by atoms with van der Waals surface area (Å²) in [5, 5.41) is 21.2. The number of halogens is 1. The van der Waals surface area contributed by atoms with Gasteiger partial charge in [0.15, 0.2) is 0 Å². The molecule has 0 radical (unpaired) electrons. The standard InChI is InChI=1S/C34H40FN7O3/c1-23-6-3-7-24-8-4-9-30(32(23)24)40-14-12-28-29(21-40)37-34(45-22-27-18-25(35)19-39(27)2)38-33(28)41-15-16-42(26(20-41)11-13-36)31(44)10-5-17-43/h3-10,25-27,43H,11-12,14-22H2,1-2H3/b10-5+/t25-,26+,27-/m1/s1. The van der Waals surface area contributed by atoms with Crippen LogP contribution < -0.4 is 14.5 Å². The Morgan fingerprint density at radius 1 is 1.13 bits per heavy atom. The number of alkyl halides is 1. The number of aliphatic hydroxyl groups is 1. The Morgan fingerprint density at radius 3 is 2.71 bits per heavy atom. The Balaban J connectivity index is 1.32. The largest absolute Gasteiger partial charge is 0.462 e. The van der Waals surface area contributed by atoms with Crippen LogP contribution in [0.5, 0.6) is 6.01 Å². The number of likely N-dealkylation sites (N-methyl/N-ethyl adjacent to an activating group) is 1. The fraction of sp³-hybridized carbons (Fsp3) is 0.471. The van der Waals surface area contributed by atoms with Gasteiger partial charge in [-0.1, -0.05) is 36.4 Å². The number of amides is 1. The van der Waals surface area contributed by atoms with Crippen molar-refractivity contribution < 1.29 is 19.0 Å². The van der Waals surface area contributed by atoms with Crippen molar-refractivity contribution in [3.8, 4) is 12.1 Å². The van der Waals surface area contributed by atoms with Crippen molar-refractivity contribution in [1.29, 1.82) is 5.26 Å². The van der Waals surface area contributed by atoms with Gasteiger partial charge in [-0.3, -0.25) is 9.69 Å². The monoisotopic (exact) mass is 613 g/mol. The van der Waals surface area contributed by atoms with E-state index in [9.17, 15) is 14.4 Å². The SMILES string of the molecule is Cc1cccc2cccc(N3CCc4c(nc(OC[C@H]5C[C@@H](F)CN5C)nc4N4CCN(C(=O)/C=C/CO)[C@@H](CC#N)C4)C3)c12. The van der Waals surface area contributed by atoms with Crippen molar-refractivity contribution in [1.82, 2.24) is 19.8 Å². The molecule has 0 saturated carbocycles. The molecule has 4 heterocycles. The lowest BCUT2D eigenvalue weighted by Crippen LogP contribution is -2.55. The summed E-state index contributed by atoms with van der Waals surface area (Å²) in [5.41, 5.74) is 4.32. The second-order valence-corrected chi connectivity index (χ2v) is 12.2. The minimum absolute atomic E-state index is 0.0558. The highest BCUT2D eigenvalue weighted by Crippen LogP contribution is 2.36. The van der Waals surface area contributed by atoms with E-state index in [1.807, 2.05) is 11.9 Å².